The predicted octanol–water partition coefficient (Wildman–Crippen LogP) is 2.61. The van der Waals surface area contributed by atoms with Crippen molar-refractivity contribution in [3.63, 3.8) is 0 Å². The zero-order chi connectivity index (χ0) is 20.0. The Balaban J connectivity index is 2.16. The largest absolute Gasteiger partial charge is 0.416 e. The van der Waals surface area contributed by atoms with Crippen molar-refractivity contribution in [1.29, 1.82) is 0 Å². The minimum Gasteiger partial charge on any atom is -0.368 e. The second-order valence-corrected chi connectivity index (χ2v) is 5.89. The van der Waals surface area contributed by atoms with E-state index in [0.717, 1.165) is 12.1 Å². The molecule has 0 saturated carbocycles. The minimum atomic E-state index is -4.50. The summed E-state index contributed by atoms with van der Waals surface area (Å²) in [5.74, 6) is -1.47. The van der Waals surface area contributed by atoms with E-state index in [1.165, 1.54) is 19.2 Å². The predicted molar refractivity (Wildman–Crippen MR) is 92.5 cm³/mol. The molecular weight excluding hydrogens is 361 g/mol. The van der Waals surface area contributed by atoms with E-state index in [4.69, 9.17) is 10.5 Å². The van der Waals surface area contributed by atoms with Crippen LogP contribution in [-0.2, 0) is 26.9 Å². The van der Waals surface area contributed by atoms with Gasteiger partial charge >= 0.3 is 6.18 Å². The van der Waals surface area contributed by atoms with Crippen LogP contribution in [0.1, 0.15) is 22.8 Å². The number of nitrogens with two attached hydrogens (primary N) is 1. The lowest BCUT2D eigenvalue weighted by Gasteiger charge is -2.21. The topological polar surface area (TPSA) is 81.4 Å². The number of carbonyl (C=O) groups excluding carboxylic acids is 2. The van der Waals surface area contributed by atoms with Crippen molar-refractivity contribution in [3.05, 3.63) is 71.3 Å². The molecule has 0 unspecified atom stereocenters. The molecule has 27 heavy (non-hydrogen) atoms. The fourth-order valence-electron chi connectivity index (χ4n) is 2.60. The number of amides is 2. The van der Waals surface area contributed by atoms with E-state index in [9.17, 15) is 22.8 Å². The number of alkyl halides is 3. The van der Waals surface area contributed by atoms with Crippen molar-refractivity contribution >= 4 is 11.8 Å². The SMILES string of the molecule is CO[C@@H](C(=O)N[C@H](Cc1cccc(C(F)(F)F)c1)C(N)=O)c1ccccc1. The molecule has 0 fully saturated rings. The second kappa shape index (κ2) is 8.68. The summed E-state index contributed by atoms with van der Waals surface area (Å²) in [7, 11) is 1.34. The Hall–Kier alpha value is -2.87. The quantitative estimate of drug-likeness (QED) is 0.775. The highest BCUT2D eigenvalue weighted by Crippen LogP contribution is 2.29. The van der Waals surface area contributed by atoms with Gasteiger partial charge < -0.3 is 15.8 Å². The first kappa shape index (κ1) is 20.4. The number of primary amides is 1. The Kier molecular flexibility index (Phi) is 6.57. The number of carbonyl (C=O) groups is 2. The number of rotatable bonds is 7. The van der Waals surface area contributed by atoms with E-state index in [1.54, 1.807) is 30.3 Å². The maximum absolute atomic E-state index is 12.8. The van der Waals surface area contributed by atoms with Crippen LogP contribution < -0.4 is 11.1 Å². The molecule has 2 atom stereocenters. The molecule has 5 nitrogen and oxygen atoms in total. The van der Waals surface area contributed by atoms with Crippen LogP contribution >= 0.6 is 0 Å². The molecular formula is C19H19F3N2O3. The summed E-state index contributed by atoms with van der Waals surface area (Å²) in [6.45, 7) is 0. The van der Waals surface area contributed by atoms with Crippen LogP contribution in [0.3, 0.4) is 0 Å². The number of methoxy groups -OCH3 is 1. The van der Waals surface area contributed by atoms with Gasteiger partial charge in [-0.25, -0.2) is 0 Å². The Morgan fingerprint density at radius 3 is 2.33 bits per heavy atom. The molecule has 3 N–H and O–H groups in total. The number of hydrogen-bond acceptors (Lipinski definition) is 3. The number of nitrogens with one attached hydrogen (secondary N) is 1. The average Bonchev–Trinajstić information content (AvgIpc) is 2.62. The Bertz CT molecular complexity index is 794. The van der Waals surface area contributed by atoms with Crippen molar-refractivity contribution in [1.82, 2.24) is 5.32 Å². The van der Waals surface area contributed by atoms with Crippen LogP contribution in [0.2, 0.25) is 0 Å². The molecule has 0 saturated heterocycles. The van der Waals surface area contributed by atoms with Crippen molar-refractivity contribution in [2.45, 2.75) is 24.7 Å². The van der Waals surface area contributed by atoms with E-state index in [0.29, 0.717) is 5.56 Å². The lowest BCUT2D eigenvalue weighted by atomic mass is 10.0. The van der Waals surface area contributed by atoms with Crippen LogP contribution in [0, 0.1) is 0 Å². The summed E-state index contributed by atoms with van der Waals surface area (Å²) in [5, 5.41) is 2.45. The second-order valence-electron chi connectivity index (χ2n) is 5.89. The lowest BCUT2D eigenvalue weighted by Crippen LogP contribution is -2.47. The number of ether oxygens (including phenoxy) is 1. The molecule has 0 aliphatic carbocycles. The summed E-state index contributed by atoms with van der Waals surface area (Å²) in [6.07, 6.45) is -5.65. The first-order chi connectivity index (χ1) is 12.7. The fraction of sp³-hybridized carbons (Fsp3) is 0.263. The third-order valence-electron chi connectivity index (χ3n) is 3.93. The molecule has 2 rings (SSSR count). The van der Waals surface area contributed by atoms with Crippen molar-refractivity contribution < 1.29 is 27.5 Å². The molecule has 0 aliphatic rings. The third-order valence-corrected chi connectivity index (χ3v) is 3.93. The molecule has 0 radical (unpaired) electrons. The molecule has 2 aromatic rings. The van der Waals surface area contributed by atoms with E-state index in [-0.39, 0.29) is 12.0 Å². The number of hydrogen-bond donors (Lipinski definition) is 2. The van der Waals surface area contributed by atoms with Crippen LogP contribution in [0.15, 0.2) is 54.6 Å². The summed E-state index contributed by atoms with van der Waals surface area (Å²) in [4.78, 5) is 24.2. The smallest absolute Gasteiger partial charge is 0.368 e. The van der Waals surface area contributed by atoms with Gasteiger partial charge in [-0.2, -0.15) is 13.2 Å². The molecule has 2 amide bonds. The first-order valence-corrected chi connectivity index (χ1v) is 8.06. The zero-order valence-electron chi connectivity index (χ0n) is 14.5. The molecule has 0 heterocycles. The maximum atomic E-state index is 12.8. The molecule has 0 bridgehead atoms. The van der Waals surface area contributed by atoms with Crippen molar-refractivity contribution in [3.8, 4) is 0 Å². The van der Waals surface area contributed by atoms with Crippen molar-refractivity contribution in [2.75, 3.05) is 7.11 Å². The standard InChI is InChI=1S/C19H19F3N2O3/c1-27-16(13-7-3-2-4-8-13)18(26)24-15(17(23)25)11-12-6-5-9-14(10-12)19(20,21)22/h2-10,15-16H,11H2,1H3,(H2,23,25)(H,24,26)/t15-,16-/m1/s1. The molecule has 8 heteroatoms. The summed E-state index contributed by atoms with van der Waals surface area (Å²) in [6, 6.07) is 11.9. The van der Waals surface area contributed by atoms with Crippen LogP contribution in [-0.4, -0.2) is 25.0 Å². The normalized spacial score (nSPS) is 13.6. The van der Waals surface area contributed by atoms with E-state index in [1.807, 2.05) is 0 Å². The molecule has 0 aliphatic heterocycles. The fourth-order valence-corrected chi connectivity index (χ4v) is 2.60. The van der Waals surface area contributed by atoms with Gasteiger partial charge in [0.25, 0.3) is 5.91 Å². The van der Waals surface area contributed by atoms with Gasteiger partial charge in [0.1, 0.15) is 6.04 Å². The van der Waals surface area contributed by atoms with E-state index >= 15 is 0 Å². The van der Waals surface area contributed by atoms with Crippen LogP contribution in [0.4, 0.5) is 13.2 Å². The van der Waals surface area contributed by atoms with Gasteiger partial charge in [0.05, 0.1) is 5.56 Å². The van der Waals surface area contributed by atoms with E-state index < -0.39 is 35.7 Å². The van der Waals surface area contributed by atoms with Crippen molar-refractivity contribution in [2.24, 2.45) is 5.73 Å². The van der Waals surface area contributed by atoms with Gasteiger partial charge in [0.2, 0.25) is 5.91 Å². The monoisotopic (exact) mass is 380 g/mol. The molecule has 0 aromatic heterocycles. The summed E-state index contributed by atoms with van der Waals surface area (Å²) >= 11 is 0. The van der Waals surface area contributed by atoms with Gasteiger partial charge in [-0.15, -0.1) is 0 Å². The van der Waals surface area contributed by atoms with Gasteiger partial charge in [-0.05, 0) is 17.2 Å². The highest BCUT2D eigenvalue weighted by atomic mass is 19.4. The summed E-state index contributed by atoms with van der Waals surface area (Å²) < 4.78 is 43.7. The Morgan fingerprint density at radius 1 is 1.11 bits per heavy atom. The number of halogens is 3. The molecule has 0 spiro atoms. The maximum Gasteiger partial charge on any atom is 0.416 e. The molecule has 144 valence electrons. The van der Waals surface area contributed by atoms with Crippen LogP contribution in [0.5, 0.6) is 0 Å². The van der Waals surface area contributed by atoms with Gasteiger partial charge in [0, 0.05) is 13.5 Å². The third kappa shape index (κ3) is 5.55. The van der Waals surface area contributed by atoms with Gasteiger partial charge in [-0.1, -0.05) is 48.5 Å². The highest BCUT2D eigenvalue weighted by molar-refractivity contribution is 5.89. The molecule has 2 aromatic carbocycles. The van der Waals surface area contributed by atoms with Gasteiger partial charge in [-0.3, -0.25) is 9.59 Å². The van der Waals surface area contributed by atoms with Crippen LogP contribution in [0.25, 0.3) is 0 Å². The number of benzene rings is 2. The average molecular weight is 380 g/mol. The minimum absolute atomic E-state index is 0.170. The van der Waals surface area contributed by atoms with E-state index in [2.05, 4.69) is 5.32 Å². The summed E-state index contributed by atoms with van der Waals surface area (Å²) in [5.41, 5.74) is 5.27. The Morgan fingerprint density at radius 2 is 1.78 bits per heavy atom. The zero-order valence-corrected chi connectivity index (χ0v) is 14.5. The lowest BCUT2D eigenvalue weighted by molar-refractivity contribution is -0.137. The highest BCUT2D eigenvalue weighted by Gasteiger charge is 2.31. The Labute approximate surface area is 154 Å². The van der Waals surface area contributed by atoms with Gasteiger partial charge in [0.15, 0.2) is 6.10 Å². The first-order valence-electron chi connectivity index (χ1n) is 8.06.